The lowest BCUT2D eigenvalue weighted by Gasteiger charge is -2.21. The van der Waals surface area contributed by atoms with E-state index in [0.717, 1.165) is 23.0 Å². The van der Waals surface area contributed by atoms with E-state index in [4.69, 9.17) is 21.3 Å². The number of aliphatic hydroxyl groups excluding tert-OH is 1. The summed E-state index contributed by atoms with van der Waals surface area (Å²) in [6, 6.07) is 11.1. The molecule has 239 valence electrons. The van der Waals surface area contributed by atoms with Crippen molar-refractivity contribution in [2.75, 3.05) is 43.5 Å². The van der Waals surface area contributed by atoms with Crippen molar-refractivity contribution in [1.82, 2.24) is 14.9 Å². The maximum Gasteiger partial charge on any atom is 0.329 e. The summed E-state index contributed by atoms with van der Waals surface area (Å²) in [6.07, 6.45) is 2.35. The van der Waals surface area contributed by atoms with Crippen LogP contribution in [0, 0.1) is 29.1 Å². The summed E-state index contributed by atoms with van der Waals surface area (Å²) in [7, 11) is 2.97. The van der Waals surface area contributed by atoms with E-state index < -0.39 is 0 Å². The number of halogens is 2. The van der Waals surface area contributed by atoms with Gasteiger partial charge in [0, 0.05) is 52.5 Å². The Balaban J connectivity index is 0.00000116. The standard InChI is InChI=1S/C30H29BClN6O4.CHIS.CH4/c1-30(2)14-38(31-15-40)27-17(10-33)6-16(7-22(27)30)24-4-5-34-29(35-24)36-25-9-23(32)18(8-26(25)42-3)28(41)37-11-19-20(12-37)21(19)13-39;2-1-3;/h4-9,15,19-21,39H,11-14H2,1-3H3,(H,34,35,36);1H;1H4. The molecule has 14 heteroatoms. The first-order chi connectivity index (χ1) is 21.6. The number of fused-ring (bicyclic) bond motifs is 2. The molecule has 3 heterocycles. The van der Waals surface area contributed by atoms with Crippen LogP contribution in [0.4, 0.5) is 17.3 Å². The van der Waals surface area contributed by atoms with Gasteiger partial charge in [0.1, 0.15) is 18.0 Å². The molecule has 0 spiro atoms. The van der Waals surface area contributed by atoms with E-state index in [1.54, 1.807) is 38.7 Å². The number of amides is 1. The second kappa shape index (κ2) is 14.6. The zero-order valence-electron chi connectivity index (χ0n) is 24.8. The Kier molecular flexibility index (Phi) is 11.3. The first-order valence-corrected chi connectivity index (χ1v) is 16.3. The number of aliphatic hydroxyl groups is 1. The smallest absolute Gasteiger partial charge is 0.329 e. The second-order valence-corrected chi connectivity index (χ2v) is 13.8. The summed E-state index contributed by atoms with van der Waals surface area (Å²) in [5.41, 5.74) is 4.05. The molecule has 2 unspecified atom stereocenters. The van der Waals surface area contributed by atoms with Gasteiger partial charge >= 0.3 is 7.41 Å². The quantitative estimate of drug-likeness (QED) is 0.0974. The third-order valence-electron chi connectivity index (χ3n) is 8.64. The lowest BCUT2D eigenvalue weighted by Crippen LogP contribution is -2.32. The van der Waals surface area contributed by atoms with Gasteiger partial charge in [0.15, 0.2) is 0 Å². The van der Waals surface area contributed by atoms with Gasteiger partial charge in [0.05, 0.1) is 34.6 Å². The van der Waals surface area contributed by atoms with E-state index in [2.05, 4.69) is 42.4 Å². The van der Waals surface area contributed by atoms with Gasteiger partial charge in [-0.3, -0.25) is 4.79 Å². The minimum absolute atomic E-state index is 0. The molecule has 1 aromatic heterocycles. The maximum absolute atomic E-state index is 13.2. The van der Waals surface area contributed by atoms with Crippen molar-refractivity contribution < 1.29 is 19.4 Å². The highest BCUT2D eigenvalue weighted by atomic mass is 127. The van der Waals surface area contributed by atoms with E-state index in [0.29, 0.717) is 65.6 Å². The van der Waals surface area contributed by atoms with Crippen molar-refractivity contribution in [3.8, 4) is 23.1 Å². The number of likely N-dealkylation sites (tertiary alicyclic amines) is 1. The molecule has 1 radical (unpaired) electrons. The molecule has 10 nitrogen and oxygen atoms in total. The fourth-order valence-electron chi connectivity index (χ4n) is 6.42. The maximum atomic E-state index is 13.2. The highest BCUT2D eigenvalue weighted by Gasteiger charge is 2.56. The Hall–Kier alpha value is -3.32. The number of thiocarbonyl (C=S) groups is 1. The molecule has 1 amide bonds. The monoisotopic (exact) mass is 771 g/mol. The van der Waals surface area contributed by atoms with Gasteiger partial charge in [-0.15, -0.1) is 0 Å². The summed E-state index contributed by atoms with van der Waals surface area (Å²) < 4.78 is 7.14. The Morgan fingerprint density at radius 1 is 1.33 bits per heavy atom. The number of piperidine rings is 1. The molecule has 1 saturated carbocycles. The van der Waals surface area contributed by atoms with Crippen LogP contribution in [0.2, 0.25) is 5.02 Å². The zero-order valence-corrected chi connectivity index (χ0v) is 28.6. The molecule has 2 aliphatic heterocycles. The molecule has 0 bridgehead atoms. The Bertz CT molecular complexity index is 1690. The van der Waals surface area contributed by atoms with Crippen LogP contribution in [0.15, 0.2) is 36.5 Å². The van der Waals surface area contributed by atoms with Crippen LogP contribution in [0.5, 0.6) is 5.75 Å². The number of nitrogens with zero attached hydrogens (tertiary/aromatic N) is 5. The van der Waals surface area contributed by atoms with Gasteiger partial charge in [-0.25, -0.2) is 9.97 Å². The van der Waals surface area contributed by atoms with Crippen molar-refractivity contribution >= 4 is 86.6 Å². The van der Waals surface area contributed by atoms with E-state index in [1.807, 2.05) is 33.5 Å². The van der Waals surface area contributed by atoms with Gasteiger partial charge in [-0.1, -0.05) is 45.1 Å². The molecule has 3 aromatic rings. The van der Waals surface area contributed by atoms with Crippen LogP contribution in [0.1, 0.15) is 42.8 Å². The molecule has 2 N–H and O–H groups in total. The summed E-state index contributed by atoms with van der Waals surface area (Å²) >= 11 is 12.8. The number of nitrogens with one attached hydrogen (secondary N) is 1. The lowest BCUT2D eigenvalue weighted by molar-refractivity contribution is 0.0760. The van der Waals surface area contributed by atoms with Crippen molar-refractivity contribution in [1.29, 1.82) is 5.26 Å². The third-order valence-corrected chi connectivity index (χ3v) is 8.95. The van der Waals surface area contributed by atoms with Crippen molar-refractivity contribution in [3.63, 3.8) is 0 Å². The number of rotatable bonds is 8. The number of hydrogen-bond donors (Lipinski definition) is 2. The van der Waals surface area contributed by atoms with E-state index >= 15 is 0 Å². The molecule has 6 rings (SSSR count). The number of hydrogen-bond acceptors (Lipinski definition) is 10. The van der Waals surface area contributed by atoms with Gasteiger partial charge in [0.25, 0.3) is 5.91 Å². The van der Waals surface area contributed by atoms with Crippen LogP contribution in [-0.4, -0.2) is 76.2 Å². The molecule has 1 aliphatic carbocycles. The van der Waals surface area contributed by atoms with Gasteiger partial charge in [-0.2, -0.15) is 5.26 Å². The molecule has 3 aliphatic rings. The predicted octanol–water partition coefficient (Wildman–Crippen LogP) is 5.65. The number of carbonyl (C=O) groups is 2. The van der Waals surface area contributed by atoms with E-state index in [9.17, 15) is 20.0 Å². The van der Waals surface area contributed by atoms with Crippen LogP contribution >= 0.6 is 46.4 Å². The third kappa shape index (κ3) is 6.85. The van der Waals surface area contributed by atoms with Crippen LogP contribution in [0.3, 0.4) is 0 Å². The average molecular weight is 772 g/mol. The molecule has 2 fully saturated rings. The SMILES string of the molecule is C.COc1cc(C(=O)N2CC3C(CO)C3C2)c(Cl)cc1Nc1nccc(-c2cc(C#N)c3c(c2)C(C)(C)CN3[B]C=O)n1.S=CI. The van der Waals surface area contributed by atoms with Gasteiger partial charge in [-0.05, 0) is 76.2 Å². The number of methoxy groups -OCH3 is 1. The molecule has 2 atom stereocenters. The van der Waals surface area contributed by atoms with Crippen LogP contribution in [-0.2, 0) is 10.2 Å². The van der Waals surface area contributed by atoms with Crippen molar-refractivity contribution in [2.45, 2.75) is 26.7 Å². The summed E-state index contributed by atoms with van der Waals surface area (Å²) in [6.45, 7) is 6.13. The summed E-state index contributed by atoms with van der Waals surface area (Å²) in [5.74, 6) is 1.55. The average Bonchev–Trinajstić information content (AvgIpc) is 3.35. The number of ether oxygens (including phenoxy) is 1. The first-order valence-electron chi connectivity index (χ1n) is 14.2. The Morgan fingerprint density at radius 2 is 2.02 bits per heavy atom. The van der Waals surface area contributed by atoms with E-state index in [1.165, 1.54) is 14.5 Å². The topological polar surface area (TPSA) is 132 Å². The second-order valence-electron chi connectivity index (χ2n) is 11.7. The lowest BCUT2D eigenvalue weighted by atomic mass is 9.84. The van der Waals surface area contributed by atoms with Crippen molar-refractivity contribution in [3.05, 3.63) is 58.2 Å². The number of nitriles is 1. The van der Waals surface area contributed by atoms with Crippen molar-refractivity contribution in [2.24, 2.45) is 17.8 Å². The highest BCUT2D eigenvalue weighted by Crippen LogP contribution is 2.51. The van der Waals surface area contributed by atoms with Crippen LogP contribution in [0.25, 0.3) is 11.3 Å². The van der Waals surface area contributed by atoms with Gasteiger partial charge in [0.2, 0.25) is 5.95 Å². The summed E-state index contributed by atoms with van der Waals surface area (Å²) in [5, 5.41) is 22.8. The number of carbonyl (C=O) groups excluding carboxylic acids is 2. The minimum atomic E-state index is -0.288. The van der Waals surface area contributed by atoms with E-state index in [-0.39, 0.29) is 36.3 Å². The minimum Gasteiger partial charge on any atom is -0.495 e. The largest absolute Gasteiger partial charge is 0.495 e. The normalized spacial score (nSPS) is 19.7. The first kappa shape index (κ1) is 35.5. The fraction of sp³-hybridized carbons (Fsp3) is 0.375. The van der Waals surface area contributed by atoms with Gasteiger partial charge < -0.3 is 29.7 Å². The summed E-state index contributed by atoms with van der Waals surface area (Å²) in [4.78, 5) is 37.1. The molecular formula is C32H34BClIN6O4S. The molecule has 46 heavy (non-hydrogen) atoms. The molecular weight excluding hydrogens is 738 g/mol. The Labute approximate surface area is 293 Å². The zero-order chi connectivity index (χ0) is 32.5. The Morgan fingerprint density at radius 3 is 2.63 bits per heavy atom. The number of benzene rings is 2. The molecule has 2 aromatic carbocycles. The fourth-order valence-corrected chi connectivity index (χ4v) is 6.67. The highest BCUT2D eigenvalue weighted by molar-refractivity contribution is 14.1. The predicted molar refractivity (Wildman–Crippen MR) is 194 cm³/mol. The van der Waals surface area contributed by atoms with Crippen LogP contribution < -0.4 is 14.9 Å². The molecule has 1 saturated heterocycles. The number of anilines is 3. The number of aromatic nitrogens is 2.